The van der Waals surface area contributed by atoms with Gasteiger partial charge in [0.1, 0.15) is 8.24 Å². The first-order chi connectivity index (χ1) is 4.11. The van der Waals surface area contributed by atoms with Crippen LogP contribution in [0.2, 0.25) is 19.6 Å². The van der Waals surface area contributed by atoms with Crippen molar-refractivity contribution in [2.45, 2.75) is 19.6 Å². The predicted octanol–water partition coefficient (Wildman–Crippen LogP) is 1.11. The van der Waals surface area contributed by atoms with Crippen LogP contribution in [0.3, 0.4) is 0 Å². The van der Waals surface area contributed by atoms with Crippen LogP contribution in [0.1, 0.15) is 0 Å². The third-order valence-corrected chi connectivity index (χ3v) is 3.95. The SMILES string of the molecule is C[Si](C)(C)N1CCOC1. The Hall–Kier alpha value is 0.137. The second kappa shape index (κ2) is 2.40. The first-order valence-electron chi connectivity index (χ1n) is 3.43. The van der Waals surface area contributed by atoms with Crippen LogP contribution in [0.5, 0.6) is 0 Å². The molecule has 1 aliphatic rings. The Morgan fingerprint density at radius 1 is 1.33 bits per heavy atom. The molecule has 0 aromatic carbocycles. The summed E-state index contributed by atoms with van der Waals surface area (Å²) in [5, 5.41) is 0. The van der Waals surface area contributed by atoms with E-state index in [2.05, 4.69) is 24.2 Å². The van der Waals surface area contributed by atoms with E-state index in [9.17, 15) is 0 Å². The molecule has 0 aliphatic carbocycles. The van der Waals surface area contributed by atoms with Gasteiger partial charge in [-0.3, -0.25) is 0 Å². The highest BCUT2D eigenvalue weighted by molar-refractivity contribution is 6.73. The lowest BCUT2D eigenvalue weighted by atomic mass is 10.7. The van der Waals surface area contributed by atoms with Gasteiger partial charge in [0, 0.05) is 6.54 Å². The molecule has 2 nitrogen and oxygen atoms in total. The smallest absolute Gasteiger partial charge is 0.121 e. The molecule has 1 fully saturated rings. The topological polar surface area (TPSA) is 12.5 Å². The van der Waals surface area contributed by atoms with Crippen molar-refractivity contribution in [2.24, 2.45) is 0 Å². The summed E-state index contributed by atoms with van der Waals surface area (Å²) < 4.78 is 7.71. The minimum absolute atomic E-state index is 0.871. The van der Waals surface area contributed by atoms with Crippen molar-refractivity contribution < 1.29 is 4.74 Å². The van der Waals surface area contributed by atoms with Crippen molar-refractivity contribution in [3.8, 4) is 0 Å². The molecule has 3 heteroatoms. The first-order valence-corrected chi connectivity index (χ1v) is 6.88. The molecule has 0 radical (unpaired) electrons. The highest BCUT2D eigenvalue weighted by Crippen LogP contribution is 2.11. The zero-order chi connectivity index (χ0) is 6.91. The second-order valence-corrected chi connectivity index (χ2v) is 8.45. The lowest BCUT2D eigenvalue weighted by Crippen LogP contribution is -2.44. The van der Waals surface area contributed by atoms with Crippen molar-refractivity contribution in [1.82, 2.24) is 4.57 Å². The van der Waals surface area contributed by atoms with Crippen LogP contribution in [0.15, 0.2) is 0 Å². The van der Waals surface area contributed by atoms with Gasteiger partial charge < -0.3 is 9.30 Å². The Morgan fingerprint density at radius 3 is 2.22 bits per heavy atom. The molecule has 0 aromatic rings. The van der Waals surface area contributed by atoms with Crippen molar-refractivity contribution in [1.29, 1.82) is 0 Å². The molecule has 0 N–H and O–H groups in total. The van der Waals surface area contributed by atoms with Crippen LogP contribution in [-0.2, 0) is 4.74 Å². The number of hydrogen-bond acceptors (Lipinski definition) is 2. The summed E-state index contributed by atoms with van der Waals surface area (Å²) >= 11 is 0. The molecule has 0 spiro atoms. The number of hydrogen-bond donors (Lipinski definition) is 0. The Balaban J connectivity index is 2.42. The molecule has 0 bridgehead atoms. The number of ether oxygens (including phenoxy) is 1. The molecule has 0 aromatic heterocycles. The lowest BCUT2D eigenvalue weighted by molar-refractivity contribution is 0.169. The third-order valence-electron chi connectivity index (χ3n) is 1.70. The second-order valence-electron chi connectivity index (χ2n) is 3.47. The van der Waals surface area contributed by atoms with Crippen molar-refractivity contribution in [3.63, 3.8) is 0 Å². The lowest BCUT2D eigenvalue weighted by Gasteiger charge is -2.27. The maximum atomic E-state index is 5.24. The fraction of sp³-hybridized carbons (Fsp3) is 1.00. The molecule has 1 aliphatic heterocycles. The van der Waals surface area contributed by atoms with E-state index >= 15 is 0 Å². The molecule has 0 saturated carbocycles. The van der Waals surface area contributed by atoms with Crippen molar-refractivity contribution in [2.75, 3.05) is 19.9 Å². The molecular formula is C6H15NOSi. The normalized spacial score (nSPS) is 23.0. The summed E-state index contributed by atoms with van der Waals surface area (Å²) in [6.45, 7) is 10.0. The average Bonchev–Trinajstić information content (AvgIpc) is 2.08. The Kier molecular flexibility index (Phi) is 1.93. The summed E-state index contributed by atoms with van der Waals surface area (Å²) in [4.78, 5) is 0. The Morgan fingerprint density at radius 2 is 2.00 bits per heavy atom. The molecule has 1 heterocycles. The molecule has 1 rings (SSSR count). The van der Waals surface area contributed by atoms with E-state index < -0.39 is 8.24 Å². The van der Waals surface area contributed by atoms with Gasteiger partial charge in [0.2, 0.25) is 0 Å². The van der Waals surface area contributed by atoms with Gasteiger partial charge in [0.25, 0.3) is 0 Å². The maximum Gasteiger partial charge on any atom is 0.121 e. The summed E-state index contributed by atoms with van der Waals surface area (Å²) in [5.74, 6) is 0. The number of rotatable bonds is 1. The summed E-state index contributed by atoms with van der Waals surface area (Å²) in [6, 6.07) is 0. The standard InChI is InChI=1S/C6H15NOSi/c1-9(2,3)7-4-5-8-6-7/h4-6H2,1-3H3. The number of nitrogens with zero attached hydrogens (tertiary/aromatic N) is 1. The van der Waals surface area contributed by atoms with Gasteiger partial charge in [-0.15, -0.1) is 0 Å². The fourth-order valence-electron chi connectivity index (χ4n) is 0.943. The molecule has 9 heavy (non-hydrogen) atoms. The van der Waals surface area contributed by atoms with Gasteiger partial charge in [0.15, 0.2) is 0 Å². The van der Waals surface area contributed by atoms with Gasteiger partial charge >= 0.3 is 0 Å². The van der Waals surface area contributed by atoms with Crippen molar-refractivity contribution in [3.05, 3.63) is 0 Å². The minimum Gasteiger partial charge on any atom is -0.365 e. The Labute approximate surface area is 57.9 Å². The highest BCUT2D eigenvalue weighted by atomic mass is 28.3. The van der Waals surface area contributed by atoms with Gasteiger partial charge in [-0.25, -0.2) is 0 Å². The highest BCUT2D eigenvalue weighted by Gasteiger charge is 2.26. The van der Waals surface area contributed by atoms with E-state index in [1.807, 2.05) is 0 Å². The van der Waals surface area contributed by atoms with E-state index in [0.29, 0.717) is 0 Å². The maximum absolute atomic E-state index is 5.24. The average molecular weight is 145 g/mol. The molecule has 0 unspecified atom stereocenters. The summed E-state index contributed by atoms with van der Waals surface area (Å²) in [7, 11) is -1.02. The van der Waals surface area contributed by atoms with E-state index in [1.54, 1.807) is 0 Å². The van der Waals surface area contributed by atoms with Crippen LogP contribution < -0.4 is 0 Å². The van der Waals surface area contributed by atoms with Crippen LogP contribution in [-0.4, -0.2) is 32.7 Å². The van der Waals surface area contributed by atoms with Crippen LogP contribution in [0, 0.1) is 0 Å². The van der Waals surface area contributed by atoms with Crippen LogP contribution in [0.25, 0.3) is 0 Å². The van der Waals surface area contributed by atoms with Gasteiger partial charge in [-0.05, 0) is 0 Å². The summed E-state index contributed by atoms with van der Waals surface area (Å²) in [5.41, 5.74) is 0. The monoisotopic (exact) mass is 145 g/mol. The Bertz CT molecular complexity index is 93.7. The van der Waals surface area contributed by atoms with Gasteiger partial charge in [-0.1, -0.05) is 19.6 Å². The molecule has 0 atom stereocenters. The quantitative estimate of drug-likeness (QED) is 0.513. The third kappa shape index (κ3) is 1.78. The predicted molar refractivity (Wildman–Crippen MR) is 40.9 cm³/mol. The minimum atomic E-state index is -1.02. The van der Waals surface area contributed by atoms with E-state index in [1.165, 1.54) is 0 Å². The van der Waals surface area contributed by atoms with Gasteiger partial charge in [0.05, 0.1) is 13.3 Å². The summed E-state index contributed by atoms with van der Waals surface area (Å²) in [6.07, 6.45) is 0. The fourth-order valence-corrected chi connectivity index (χ4v) is 2.18. The van der Waals surface area contributed by atoms with E-state index in [0.717, 1.165) is 19.9 Å². The largest absolute Gasteiger partial charge is 0.365 e. The molecule has 1 saturated heterocycles. The van der Waals surface area contributed by atoms with E-state index in [4.69, 9.17) is 4.74 Å². The van der Waals surface area contributed by atoms with Crippen LogP contribution in [0.4, 0.5) is 0 Å². The molecule has 0 amide bonds. The van der Waals surface area contributed by atoms with Gasteiger partial charge in [-0.2, -0.15) is 0 Å². The first kappa shape index (κ1) is 7.25. The molecular weight excluding hydrogens is 130 g/mol. The molecule has 54 valence electrons. The zero-order valence-electron chi connectivity index (χ0n) is 6.48. The van der Waals surface area contributed by atoms with E-state index in [-0.39, 0.29) is 0 Å². The zero-order valence-corrected chi connectivity index (χ0v) is 7.48. The van der Waals surface area contributed by atoms with Crippen LogP contribution >= 0.6 is 0 Å². The van der Waals surface area contributed by atoms with Crippen molar-refractivity contribution >= 4 is 8.24 Å².